The lowest BCUT2D eigenvalue weighted by molar-refractivity contribution is 0.481. The molecule has 0 aliphatic heterocycles. The number of ether oxygens (including phenoxy) is 1. The molecule has 2 aromatic carbocycles. The van der Waals surface area contributed by atoms with E-state index in [1.807, 2.05) is 49.4 Å². The molecule has 0 saturated heterocycles. The van der Waals surface area contributed by atoms with Gasteiger partial charge in [-0.2, -0.15) is 0 Å². The maximum atomic E-state index is 5.88. The van der Waals surface area contributed by atoms with Crippen LogP contribution in [0.1, 0.15) is 5.56 Å². The fourth-order valence-corrected chi connectivity index (χ4v) is 1.98. The summed E-state index contributed by atoms with van der Waals surface area (Å²) in [5, 5.41) is 0. The van der Waals surface area contributed by atoms with Crippen LogP contribution in [-0.2, 0) is 0 Å². The Balaban J connectivity index is 2.34. The Hall–Kier alpha value is -1.23. The molecule has 2 rings (SSSR count). The van der Waals surface area contributed by atoms with Crippen LogP contribution in [0.25, 0.3) is 0 Å². The molecule has 2 aromatic rings. The van der Waals surface area contributed by atoms with E-state index in [-0.39, 0.29) is 0 Å². The first-order valence-corrected chi connectivity index (χ1v) is 6.03. The number of aryl methyl sites for hydroxylation is 1. The van der Waals surface area contributed by atoms with Crippen LogP contribution in [0.15, 0.2) is 42.5 Å². The number of anilines is 1. The van der Waals surface area contributed by atoms with Crippen molar-refractivity contribution in [3.63, 3.8) is 0 Å². The van der Waals surface area contributed by atoms with E-state index in [0.717, 1.165) is 20.6 Å². The Kier molecular flexibility index (Phi) is 3.33. The smallest absolute Gasteiger partial charge is 0.153 e. The monoisotopic (exact) mass is 325 g/mol. The molecular weight excluding hydrogens is 313 g/mol. The van der Waals surface area contributed by atoms with Crippen molar-refractivity contribution < 1.29 is 4.74 Å². The number of halogens is 1. The average Bonchev–Trinajstić information content (AvgIpc) is 2.24. The zero-order valence-electron chi connectivity index (χ0n) is 8.91. The maximum Gasteiger partial charge on any atom is 0.153 e. The summed E-state index contributed by atoms with van der Waals surface area (Å²) in [6.07, 6.45) is 0. The van der Waals surface area contributed by atoms with E-state index in [1.165, 1.54) is 0 Å². The molecular formula is C13H12INO. The van der Waals surface area contributed by atoms with Crippen molar-refractivity contribution in [2.75, 3.05) is 5.73 Å². The highest BCUT2D eigenvalue weighted by Crippen LogP contribution is 2.31. The van der Waals surface area contributed by atoms with Crippen molar-refractivity contribution in [3.05, 3.63) is 51.6 Å². The number of benzene rings is 2. The Labute approximate surface area is 109 Å². The number of hydrogen-bond donors (Lipinski definition) is 1. The topological polar surface area (TPSA) is 35.2 Å². The molecule has 0 spiro atoms. The summed E-state index contributed by atoms with van der Waals surface area (Å²) in [5.41, 5.74) is 7.59. The van der Waals surface area contributed by atoms with E-state index in [0.29, 0.717) is 5.69 Å². The fraction of sp³-hybridized carbons (Fsp3) is 0.0769. The van der Waals surface area contributed by atoms with Crippen molar-refractivity contribution in [1.82, 2.24) is 0 Å². The van der Waals surface area contributed by atoms with Gasteiger partial charge in [-0.1, -0.05) is 18.2 Å². The molecule has 0 atom stereocenters. The van der Waals surface area contributed by atoms with Gasteiger partial charge in [0, 0.05) is 3.57 Å². The van der Waals surface area contributed by atoms with Gasteiger partial charge in [0.2, 0.25) is 0 Å². The fourth-order valence-electron chi connectivity index (χ4n) is 1.46. The first kappa shape index (κ1) is 11.3. The van der Waals surface area contributed by atoms with E-state index >= 15 is 0 Å². The molecule has 0 heterocycles. The van der Waals surface area contributed by atoms with Gasteiger partial charge in [-0.3, -0.25) is 0 Å². The van der Waals surface area contributed by atoms with Gasteiger partial charge in [-0.15, -0.1) is 0 Å². The van der Waals surface area contributed by atoms with Crippen molar-refractivity contribution in [2.45, 2.75) is 6.92 Å². The summed E-state index contributed by atoms with van der Waals surface area (Å²) in [6.45, 7) is 1.99. The van der Waals surface area contributed by atoms with Crippen molar-refractivity contribution in [3.8, 4) is 11.5 Å². The van der Waals surface area contributed by atoms with Gasteiger partial charge in [0.05, 0.1) is 5.69 Å². The minimum absolute atomic E-state index is 0.666. The molecule has 16 heavy (non-hydrogen) atoms. The van der Waals surface area contributed by atoms with Gasteiger partial charge in [-0.05, 0) is 59.3 Å². The standard InChI is InChI=1S/C13H12INO/c1-9-4-2-7-12(15)13(9)16-11-6-3-5-10(14)8-11/h2-8H,15H2,1H3. The van der Waals surface area contributed by atoms with Crippen LogP contribution < -0.4 is 10.5 Å². The van der Waals surface area contributed by atoms with Gasteiger partial charge in [0.1, 0.15) is 5.75 Å². The average molecular weight is 325 g/mol. The minimum Gasteiger partial charge on any atom is -0.455 e. The molecule has 0 saturated carbocycles. The summed E-state index contributed by atoms with van der Waals surface area (Å²) >= 11 is 2.25. The molecule has 2 N–H and O–H groups in total. The molecule has 0 radical (unpaired) electrons. The predicted octanol–water partition coefficient (Wildman–Crippen LogP) is 3.97. The Morgan fingerprint density at radius 2 is 1.88 bits per heavy atom. The lowest BCUT2D eigenvalue weighted by Gasteiger charge is -2.11. The molecule has 0 aromatic heterocycles. The summed E-state index contributed by atoms with van der Waals surface area (Å²) in [4.78, 5) is 0. The first-order valence-electron chi connectivity index (χ1n) is 4.95. The molecule has 0 bridgehead atoms. The molecule has 82 valence electrons. The summed E-state index contributed by atoms with van der Waals surface area (Å²) < 4.78 is 6.93. The molecule has 0 unspecified atom stereocenters. The lowest BCUT2D eigenvalue weighted by Crippen LogP contribution is -1.94. The van der Waals surface area contributed by atoms with Gasteiger partial charge in [-0.25, -0.2) is 0 Å². The van der Waals surface area contributed by atoms with Gasteiger partial charge in [0.25, 0.3) is 0 Å². The van der Waals surface area contributed by atoms with Crippen LogP contribution in [0, 0.1) is 10.5 Å². The normalized spacial score (nSPS) is 10.1. The van der Waals surface area contributed by atoms with E-state index in [4.69, 9.17) is 10.5 Å². The van der Waals surface area contributed by atoms with Crippen molar-refractivity contribution in [2.24, 2.45) is 0 Å². The number of rotatable bonds is 2. The maximum absolute atomic E-state index is 5.88. The SMILES string of the molecule is Cc1cccc(N)c1Oc1cccc(I)c1. The summed E-state index contributed by atoms with van der Waals surface area (Å²) in [6, 6.07) is 13.6. The van der Waals surface area contributed by atoms with E-state index in [1.54, 1.807) is 0 Å². The molecule has 2 nitrogen and oxygen atoms in total. The number of para-hydroxylation sites is 1. The molecule has 0 amide bonds. The largest absolute Gasteiger partial charge is 0.455 e. The molecule has 3 heteroatoms. The Morgan fingerprint density at radius 1 is 1.12 bits per heavy atom. The van der Waals surface area contributed by atoms with Gasteiger partial charge in [0.15, 0.2) is 5.75 Å². The van der Waals surface area contributed by atoms with E-state index in [9.17, 15) is 0 Å². The predicted molar refractivity (Wildman–Crippen MR) is 74.8 cm³/mol. The van der Waals surface area contributed by atoms with Crippen LogP contribution in [0.5, 0.6) is 11.5 Å². The van der Waals surface area contributed by atoms with E-state index < -0.39 is 0 Å². The third-order valence-electron chi connectivity index (χ3n) is 2.26. The minimum atomic E-state index is 0.666. The van der Waals surface area contributed by atoms with Crippen LogP contribution in [0.2, 0.25) is 0 Å². The second-order valence-corrected chi connectivity index (χ2v) is 4.80. The molecule has 0 fully saturated rings. The van der Waals surface area contributed by atoms with Crippen LogP contribution in [0.3, 0.4) is 0 Å². The first-order chi connectivity index (χ1) is 7.66. The Morgan fingerprint density at radius 3 is 2.56 bits per heavy atom. The quantitative estimate of drug-likeness (QED) is 0.670. The highest BCUT2D eigenvalue weighted by molar-refractivity contribution is 14.1. The van der Waals surface area contributed by atoms with Crippen molar-refractivity contribution >= 4 is 28.3 Å². The van der Waals surface area contributed by atoms with Gasteiger partial charge < -0.3 is 10.5 Å². The Bertz CT molecular complexity index is 491. The summed E-state index contributed by atoms with van der Waals surface area (Å²) in [7, 11) is 0. The molecule has 0 aliphatic rings. The highest BCUT2D eigenvalue weighted by Gasteiger charge is 2.05. The van der Waals surface area contributed by atoms with Gasteiger partial charge >= 0.3 is 0 Å². The van der Waals surface area contributed by atoms with Crippen LogP contribution >= 0.6 is 22.6 Å². The van der Waals surface area contributed by atoms with Crippen molar-refractivity contribution in [1.29, 1.82) is 0 Å². The number of nitrogen functional groups attached to an aromatic ring is 1. The second-order valence-electron chi connectivity index (χ2n) is 3.55. The third-order valence-corrected chi connectivity index (χ3v) is 2.93. The van der Waals surface area contributed by atoms with Crippen LogP contribution in [-0.4, -0.2) is 0 Å². The second kappa shape index (κ2) is 4.74. The summed E-state index contributed by atoms with van der Waals surface area (Å²) in [5.74, 6) is 1.55. The molecule has 0 aliphatic carbocycles. The zero-order valence-corrected chi connectivity index (χ0v) is 11.1. The van der Waals surface area contributed by atoms with E-state index in [2.05, 4.69) is 22.6 Å². The highest BCUT2D eigenvalue weighted by atomic mass is 127. The zero-order chi connectivity index (χ0) is 11.5. The third kappa shape index (κ3) is 2.47. The number of nitrogens with two attached hydrogens (primary N) is 1. The number of hydrogen-bond acceptors (Lipinski definition) is 2. The lowest BCUT2D eigenvalue weighted by atomic mass is 10.2. The van der Waals surface area contributed by atoms with Crippen LogP contribution in [0.4, 0.5) is 5.69 Å².